The van der Waals surface area contributed by atoms with Crippen molar-refractivity contribution in [2.45, 2.75) is 32.4 Å². The molecule has 0 bridgehead atoms. The zero-order valence-corrected chi connectivity index (χ0v) is 10.3. The third kappa shape index (κ3) is 2.62. The van der Waals surface area contributed by atoms with Gasteiger partial charge in [0.15, 0.2) is 0 Å². The second-order valence-electron chi connectivity index (χ2n) is 4.92. The van der Waals surface area contributed by atoms with Crippen LogP contribution in [0.5, 0.6) is 0 Å². The molecule has 4 heteroatoms. The molecule has 0 spiro atoms. The smallest absolute Gasteiger partial charge is 0.0521 e. The van der Waals surface area contributed by atoms with Gasteiger partial charge in [0.2, 0.25) is 0 Å². The number of hydrogen-bond donors (Lipinski definition) is 1. The summed E-state index contributed by atoms with van der Waals surface area (Å²) in [5, 5.41) is 4.20. The van der Waals surface area contributed by atoms with E-state index in [0.29, 0.717) is 12.0 Å². The Morgan fingerprint density at radius 2 is 2.19 bits per heavy atom. The van der Waals surface area contributed by atoms with Crippen LogP contribution in [-0.2, 0) is 13.6 Å². The van der Waals surface area contributed by atoms with Crippen molar-refractivity contribution in [3.8, 4) is 0 Å². The Morgan fingerprint density at radius 3 is 2.69 bits per heavy atom. The zero-order chi connectivity index (χ0) is 11.5. The Hall–Kier alpha value is -0.870. The first-order chi connectivity index (χ1) is 7.66. The van der Waals surface area contributed by atoms with Gasteiger partial charge in [0.25, 0.3) is 0 Å². The number of rotatable bonds is 3. The molecule has 1 aromatic heterocycles. The van der Waals surface area contributed by atoms with Gasteiger partial charge in [0, 0.05) is 25.8 Å². The molecule has 1 atom stereocenters. The van der Waals surface area contributed by atoms with Gasteiger partial charge in [-0.2, -0.15) is 5.10 Å². The normalized spacial score (nSPS) is 21.2. The van der Waals surface area contributed by atoms with Crippen molar-refractivity contribution < 1.29 is 0 Å². The minimum atomic E-state index is 0.346. The summed E-state index contributed by atoms with van der Waals surface area (Å²) < 4.78 is 1.96. The number of aromatic nitrogens is 2. The lowest BCUT2D eigenvalue weighted by molar-refractivity contribution is 0.162. The van der Waals surface area contributed by atoms with Crippen molar-refractivity contribution in [2.24, 2.45) is 18.7 Å². The third-order valence-electron chi connectivity index (χ3n) is 3.68. The van der Waals surface area contributed by atoms with Crippen molar-refractivity contribution in [2.75, 3.05) is 13.1 Å². The monoisotopic (exact) mass is 222 g/mol. The summed E-state index contributed by atoms with van der Waals surface area (Å²) in [5.41, 5.74) is 7.23. The minimum absolute atomic E-state index is 0.346. The summed E-state index contributed by atoms with van der Waals surface area (Å²) in [5.74, 6) is 0.711. The largest absolute Gasteiger partial charge is 0.328 e. The molecule has 1 saturated heterocycles. The van der Waals surface area contributed by atoms with Crippen molar-refractivity contribution in [3.63, 3.8) is 0 Å². The highest BCUT2D eigenvalue weighted by atomic mass is 15.3. The Morgan fingerprint density at radius 1 is 1.50 bits per heavy atom. The predicted octanol–water partition coefficient (Wildman–Crippen LogP) is 0.979. The number of hydrogen-bond acceptors (Lipinski definition) is 3. The van der Waals surface area contributed by atoms with Gasteiger partial charge in [0.1, 0.15) is 0 Å². The van der Waals surface area contributed by atoms with Gasteiger partial charge in [0.05, 0.1) is 5.69 Å². The number of nitrogens with zero attached hydrogens (tertiary/aromatic N) is 3. The third-order valence-corrected chi connectivity index (χ3v) is 3.68. The fourth-order valence-corrected chi connectivity index (χ4v) is 2.42. The van der Waals surface area contributed by atoms with Gasteiger partial charge < -0.3 is 5.73 Å². The molecule has 2 heterocycles. The lowest BCUT2D eigenvalue weighted by atomic mass is 9.91. The van der Waals surface area contributed by atoms with Gasteiger partial charge >= 0.3 is 0 Å². The van der Waals surface area contributed by atoms with Crippen LogP contribution in [0.4, 0.5) is 0 Å². The fraction of sp³-hybridized carbons (Fsp3) is 0.750. The Bertz CT molecular complexity index is 324. The maximum atomic E-state index is 5.94. The van der Waals surface area contributed by atoms with Crippen molar-refractivity contribution in [1.29, 1.82) is 0 Å². The number of nitrogens with two attached hydrogens (primary N) is 1. The van der Waals surface area contributed by atoms with Crippen LogP contribution in [-0.4, -0.2) is 33.8 Å². The first-order valence-electron chi connectivity index (χ1n) is 6.11. The molecule has 0 aromatic carbocycles. The van der Waals surface area contributed by atoms with E-state index in [0.717, 1.165) is 19.6 Å². The van der Waals surface area contributed by atoms with Gasteiger partial charge in [-0.25, -0.2) is 0 Å². The Balaban J connectivity index is 1.84. The first-order valence-corrected chi connectivity index (χ1v) is 6.11. The quantitative estimate of drug-likeness (QED) is 0.829. The maximum absolute atomic E-state index is 5.94. The van der Waals surface area contributed by atoms with Gasteiger partial charge in [-0.3, -0.25) is 9.58 Å². The first kappa shape index (κ1) is 11.6. The molecule has 0 aliphatic carbocycles. The van der Waals surface area contributed by atoms with Crippen molar-refractivity contribution in [3.05, 3.63) is 18.0 Å². The molecular formula is C12H22N4. The second kappa shape index (κ2) is 4.97. The number of likely N-dealkylation sites (tertiary alicyclic amines) is 1. The summed E-state index contributed by atoms with van der Waals surface area (Å²) in [6.45, 7) is 5.47. The van der Waals surface area contributed by atoms with Crippen LogP contribution >= 0.6 is 0 Å². The van der Waals surface area contributed by atoms with Crippen LogP contribution in [0.3, 0.4) is 0 Å². The van der Waals surface area contributed by atoms with Crippen LogP contribution in [0.15, 0.2) is 12.3 Å². The van der Waals surface area contributed by atoms with Gasteiger partial charge in [-0.15, -0.1) is 0 Å². The molecule has 4 nitrogen and oxygen atoms in total. The molecule has 0 amide bonds. The molecule has 1 unspecified atom stereocenters. The molecule has 90 valence electrons. The van der Waals surface area contributed by atoms with E-state index in [-0.39, 0.29) is 0 Å². The highest BCUT2D eigenvalue weighted by molar-refractivity contribution is 5.00. The second-order valence-corrected chi connectivity index (χ2v) is 4.92. The van der Waals surface area contributed by atoms with E-state index in [2.05, 4.69) is 23.0 Å². The highest BCUT2D eigenvalue weighted by Gasteiger charge is 2.22. The molecule has 0 saturated carbocycles. The summed E-state index contributed by atoms with van der Waals surface area (Å²) in [6.07, 6.45) is 4.33. The maximum Gasteiger partial charge on any atom is 0.0521 e. The van der Waals surface area contributed by atoms with Crippen LogP contribution in [0.1, 0.15) is 25.5 Å². The number of piperidine rings is 1. The van der Waals surface area contributed by atoms with E-state index in [1.54, 1.807) is 0 Å². The Labute approximate surface area is 97.4 Å². The molecule has 1 aliphatic heterocycles. The molecule has 1 aliphatic rings. The molecule has 16 heavy (non-hydrogen) atoms. The van der Waals surface area contributed by atoms with E-state index in [9.17, 15) is 0 Å². The molecule has 1 aromatic rings. The standard InChI is InChI=1S/C12H22N4/c1-10(13)11-4-7-16(8-5-11)9-12-3-6-14-15(12)2/h3,6,10-11H,4-5,7-9,13H2,1-2H3. The Kier molecular flexibility index (Phi) is 3.61. The van der Waals surface area contributed by atoms with E-state index in [1.807, 2.05) is 17.9 Å². The van der Waals surface area contributed by atoms with Crippen molar-refractivity contribution in [1.82, 2.24) is 14.7 Å². The lowest BCUT2D eigenvalue weighted by Gasteiger charge is -2.33. The molecule has 0 radical (unpaired) electrons. The van der Waals surface area contributed by atoms with Crippen molar-refractivity contribution >= 4 is 0 Å². The lowest BCUT2D eigenvalue weighted by Crippen LogP contribution is -2.39. The molecule has 1 fully saturated rings. The van der Waals surface area contributed by atoms with Crippen LogP contribution < -0.4 is 5.73 Å². The van der Waals surface area contributed by atoms with E-state index in [4.69, 9.17) is 5.73 Å². The fourth-order valence-electron chi connectivity index (χ4n) is 2.42. The SMILES string of the molecule is CC(N)C1CCN(Cc2ccnn2C)CC1. The van der Waals surface area contributed by atoms with Crippen LogP contribution in [0.25, 0.3) is 0 Å². The van der Waals surface area contributed by atoms with E-state index in [1.165, 1.54) is 18.5 Å². The highest BCUT2D eigenvalue weighted by Crippen LogP contribution is 2.20. The minimum Gasteiger partial charge on any atom is -0.328 e. The van der Waals surface area contributed by atoms with Crippen LogP contribution in [0.2, 0.25) is 0 Å². The molecule has 2 rings (SSSR count). The summed E-state index contributed by atoms with van der Waals surface area (Å²) >= 11 is 0. The summed E-state index contributed by atoms with van der Waals surface area (Å²) in [7, 11) is 2.00. The summed E-state index contributed by atoms with van der Waals surface area (Å²) in [6, 6.07) is 2.44. The topological polar surface area (TPSA) is 47.1 Å². The average Bonchev–Trinajstić information content (AvgIpc) is 2.65. The van der Waals surface area contributed by atoms with Crippen LogP contribution in [0, 0.1) is 5.92 Å². The molecule has 2 N–H and O–H groups in total. The average molecular weight is 222 g/mol. The number of aryl methyl sites for hydroxylation is 1. The van der Waals surface area contributed by atoms with Gasteiger partial charge in [-0.1, -0.05) is 0 Å². The molecular weight excluding hydrogens is 200 g/mol. The van der Waals surface area contributed by atoms with Gasteiger partial charge in [-0.05, 0) is 44.8 Å². The van der Waals surface area contributed by atoms with E-state index >= 15 is 0 Å². The summed E-state index contributed by atoms with van der Waals surface area (Å²) in [4.78, 5) is 2.50. The van der Waals surface area contributed by atoms with E-state index < -0.39 is 0 Å². The predicted molar refractivity (Wildman–Crippen MR) is 64.9 cm³/mol. The zero-order valence-electron chi connectivity index (χ0n) is 10.3.